The largest absolute Gasteiger partial charge is 0.489 e. The highest BCUT2D eigenvalue weighted by molar-refractivity contribution is 6.15. The molecule has 1 saturated heterocycles. The molecule has 28 heavy (non-hydrogen) atoms. The molecule has 0 saturated carbocycles. The summed E-state index contributed by atoms with van der Waals surface area (Å²) < 4.78 is 17.8. The summed E-state index contributed by atoms with van der Waals surface area (Å²) in [6, 6.07) is 7.14. The fourth-order valence-corrected chi connectivity index (χ4v) is 2.69. The summed E-state index contributed by atoms with van der Waals surface area (Å²) >= 11 is 0. The number of nitrogens with one attached hydrogen (secondary N) is 1. The second-order valence-electron chi connectivity index (χ2n) is 6.77. The molecule has 0 unspecified atom stereocenters. The molecule has 1 N–H and O–H groups in total. The van der Waals surface area contributed by atoms with Crippen molar-refractivity contribution in [1.29, 1.82) is 0 Å². The maximum Gasteiger partial charge on any atom is 0.350 e. The van der Waals surface area contributed by atoms with Crippen LogP contribution in [-0.2, 0) is 32.2 Å². The Labute approximate surface area is 163 Å². The van der Waals surface area contributed by atoms with Crippen molar-refractivity contribution >= 4 is 17.6 Å². The van der Waals surface area contributed by atoms with Crippen LogP contribution in [0, 0.1) is 6.92 Å². The lowest BCUT2D eigenvalue weighted by Crippen LogP contribution is -2.42. The first-order chi connectivity index (χ1) is 13.3. The van der Waals surface area contributed by atoms with Crippen LogP contribution in [0.3, 0.4) is 0 Å². The predicted molar refractivity (Wildman–Crippen MR) is 101 cm³/mol. The first-order valence-electron chi connectivity index (χ1n) is 8.96. The van der Waals surface area contributed by atoms with Gasteiger partial charge in [-0.1, -0.05) is 0 Å². The number of rotatable bonds is 6. The number of anilines is 1. The molecule has 148 valence electrons. The Hall–Kier alpha value is -3.29. The van der Waals surface area contributed by atoms with E-state index in [0.29, 0.717) is 18.0 Å². The third kappa shape index (κ3) is 4.33. The van der Waals surface area contributed by atoms with E-state index in [4.69, 9.17) is 14.2 Å². The molecule has 1 aromatic heterocycles. The van der Waals surface area contributed by atoms with E-state index in [2.05, 4.69) is 10.4 Å². The molecular weight excluding hydrogens is 362 g/mol. The van der Waals surface area contributed by atoms with Crippen LogP contribution in [0.1, 0.15) is 32.0 Å². The highest BCUT2D eigenvalue weighted by atomic mass is 16.7. The molecule has 1 aromatic carbocycles. The van der Waals surface area contributed by atoms with Crippen molar-refractivity contribution in [2.45, 2.75) is 46.6 Å². The summed E-state index contributed by atoms with van der Waals surface area (Å²) in [4.78, 5) is 23.8. The average Bonchev–Trinajstić information content (AvgIpc) is 2.99. The van der Waals surface area contributed by atoms with Gasteiger partial charge in [0.05, 0.1) is 6.20 Å². The van der Waals surface area contributed by atoms with Crippen LogP contribution in [0.25, 0.3) is 0 Å². The van der Waals surface area contributed by atoms with E-state index in [0.717, 1.165) is 17.8 Å². The molecule has 3 rings (SSSR count). The number of hydrogen-bond donors (Lipinski definition) is 1. The second-order valence-corrected chi connectivity index (χ2v) is 6.77. The maximum atomic E-state index is 11.9. The minimum absolute atomic E-state index is 0.192. The zero-order valence-corrected chi connectivity index (χ0v) is 16.3. The summed E-state index contributed by atoms with van der Waals surface area (Å²) in [6.45, 7) is 8.30. The first-order valence-corrected chi connectivity index (χ1v) is 8.96. The number of esters is 2. The molecule has 0 spiro atoms. The maximum absolute atomic E-state index is 11.9. The number of hydrogen-bond acceptors (Lipinski definition) is 7. The zero-order valence-electron chi connectivity index (χ0n) is 16.3. The molecular formula is C20H23N3O5. The van der Waals surface area contributed by atoms with Crippen molar-refractivity contribution in [3.8, 4) is 5.75 Å². The summed E-state index contributed by atoms with van der Waals surface area (Å²) in [7, 11) is 0. The number of cyclic esters (lactones) is 2. The van der Waals surface area contributed by atoms with Crippen LogP contribution in [-0.4, -0.2) is 27.5 Å². The molecule has 8 nitrogen and oxygen atoms in total. The summed E-state index contributed by atoms with van der Waals surface area (Å²) in [5.74, 6) is -2.01. The molecule has 0 amide bonds. The zero-order chi connectivity index (χ0) is 20.3. The van der Waals surface area contributed by atoms with E-state index in [1.54, 1.807) is 24.3 Å². The Morgan fingerprint density at radius 2 is 1.82 bits per heavy atom. The highest BCUT2D eigenvalue weighted by Gasteiger charge is 2.38. The Balaban J connectivity index is 1.59. The van der Waals surface area contributed by atoms with Gasteiger partial charge in [0, 0.05) is 43.5 Å². The van der Waals surface area contributed by atoms with Gasteiger partial charge in [-0.05, 0) is 38.1 Å². The molecule has 2 heterocycles. The number of ether oxygens (including phenoxy) is 3. The lowest BCUT2D eigenvalue weighted by atomic mass is 10.2. The third-order valence-corrected chi connectivity index (χ3v) is 4.25. The van der Waals surface area contributed by atoms with Crippen molar-refractivity contribution in [2.75, 3.05) is 5.32 Å². The summed E-state index contributed by atoms with van der Waals surface area (Å²) in [5.41, 5.74) is 2.61. The Morgan fingerprint density at radius 3 is 2.39 bits per heavy atom. The van der Waals surface area contributed by atoms with Crippen molar-refractivity contribution in [1.82, 2.24) is 9.78 Å². The average molecular weight is 385 g/mol. The molecule has 0 aliphatic carbocycles. The molecule has 0 radical (unpaired) electrons. The van der Waals surface area contributed by atoms with Crippen molar-refractivity contribution in [2.24, 2.45) is 0 Å². The van der Waals surface area contributed by atoms with E-state index in [-0.39, 0.29) is 5.57 Å². The number of aromatic nitrogens is 2. The first kappa shape index (κ1) is 19.5. The van der Waals surface area contributed by atoms with Gasteiger partial charge in [0.2, 0.25) is 0 Å². The molecule has 0 bridgehead atoms. The van der Waals surface area contributed by atoms with E-state index < -0.39 is 17.7 Å². The molecule has 1 aliphatic heterocycles. The van der Waals surface area contributed by atoms with Crippen LogP contribution in [0.15, 0.2) is 42.2 Å². The van der Waals surface area contributed by atoms with Gasteiger partial charge >= 0.3 is 11.9 Å². The lowest BCUT2D eigenvalue weighted by Gasteiger charge is -2.29. The van der Waals surface area contributed by atoms with Gasteiger partial charge in [0.25, 0.3) is 5.79 Å². The number of nitrogens with zero attached hydrogens (tertiary/aromatic N) is 2. The van der Waals surface area contributed by atoms with Gasteiger partial charge in [-0.2, -0.15) is 5.10 Å². The topological polar surface area (TPSA) is 91.7 Å². The highest BCUT2D eigenvalue weighted by Crippen LogP contribution is 2.23. The van der Waals surface area contributed by atoms with Gasteiger partial charge < -0.3 is 19.5 Å². The number of carbonyl (C=O) groups excluding carboxylic acids is 2. The minimum Gasteiger partial charge on any atom is -0.489 e. The van der Waals surface area contributed by atoms with Gasteiger partial charge in [-0.25, -0.2) is 9.59 Å². The predicted octanol–water partition coefficient (Wildman–Crippen LogP) is 2.92. The van der Waals surface area contributed by atoms with E-state index in [1.165, 1.54) is 20.0 Å². The molecule has 1 fully saturated rings. The third-order valence-electron chi connectivity index (χ3n) is 4.25. The quantitative estimate of drug-likeness (QED) is 0.464. The van der Waals surface area contributed by atoms with Gasteiger partial charge in [0.15, 0.2) is 5.57 Å². The summed E-state index contributed by atoms with van der Waals surface area (Å²) in [6.07, 6.45) is 3.09. The SMILES string of the molecule is CCn1ncc(COc2ccc(NC=C3C(=O)OC(C)(C)OC3=O)cc2)c1C. The number of benzene rings is 1. The lowest BCUT2D eigenvalue weighted by molar-refractivity contribution is -0.222. The summed E-state index contributed by atoms with van der Waals surface area (Å²) in [5, 5.41) is 7.19. The van der Waals surface area contributed by atoms with Crippen LogP contribution < -0.4 is 10.1 Å². The van der Waals surface area contributed by atoms with Crippen LogP contribution in [0.5, 0.6) is 5.75 Å². The van der Waals surface area contributed by atoms with E-state index in [1.807, 2.05) is 24.7 Å². The Kier molecular flexibility index (Phi) is 5.39. The Morgan fingerprint density at radius 1 is 1.18 bits per heavy atom. The van der Waals surface area contributed by atoms with E-state index >= 15 is 0 Å². The van der Waals surface area contributed by atoms with E-state index in [9.17, 15) is 9.59 Å². The Bertz CT molecular complexity index is 890. The fourth-order valence-electron chi connectivity index (χ4n) is 2.69. The number of aryl methyl sites for hydroxylation is 1. The molecule has 8 heteroatoms. The molecule has 0 atom stereocenters. The number of carbonyl (C=O) groups is 2. The van der Waals surface area contributed by atoms with Crippen molar-refractivity contribution < 1.29 is 23.8 Å². The van der Waals surface area contributed by atoms with Crippen LogP contribution in [0.2, 0.25) is 0 Å². The molecule has 2 aromatic rings. The smallest absolute Gasteiger partial charge is 0.350 e. The fraction of sp³-hybridized carbons (Fsp3) is 0.350. The second kappa shape index (κ2) is 7.75. The van der Waals surface area contributed by atoms with Crippen molar-refractivity contribution in [3.63, 3.8) is 0 Å². The van der Waals surface area contributed by atoms with Gasteiger partial charge in [0.1, 0.15) is 12.4 Å². The van der Waals surface area contributed by atoms with Gasteiger partial charge in [-0.15, -0.1) is 0 Å². The van der Waals surface area contributed by atoms with Crippen LogP contribution >= 0.6 is 0 Å². The monoisotopic (exact) mass is 385 g/mol. The van der Waals surface area contributed by atoms with Crippen molar-refractivity contribution in [3.05, 3.63) is 53.5 Å². The normalized spacial score (nSPS) is 15.6. The standard InChI is InChI=1S/C20H23N3O5/c1-5-23-13(2)14(10-22-23)12-26-16-8-6-15(7-9-16)21-11-17-18(24)27-20(3,4)28-19(17)25/h6-11,21H,5,12H2,1-4H3. The minimum atomic E-state index is -1.25. The van der Waals surface area contributed by atoms with Gasteiger partial charge in [-0.3, -0.25) is 4.68 Å². The molecule has 1 aliphatic rings. The van der Waals surface area contributed by atoms with Crippen LogP contribution in [0.4, 0.5) is 5.69 Å².